The van der Waals surface area contributed by atoms with E-state index < -0.39 is 0 Å². The maximum atomic E-state index is 13.7. The number of nitrogens with zero attached hydrogens (tertiary/aromatic N) is 1. The van der Waals surface area contributed by atoms with E-state index in [1.807, 2.05) is 20.8 Å². The number of amides is 1. The van der Waals surface area contributed by atoms with Crippen molar-refractivity contribution >= 4 is 11.6 Å². The number of carbonyl (C=O) groups is 1. The molecule has 4 nitrogen and oxygen atoms in total. The molecule has 0 aliphatic carbocycles. The van der Waals surface area contributed by atoms with Crippen LogP contribution in [-0.4, -0.2) is 30.2 Å². The molecule has 128 valence electrons. The van der Waals surface area contributed by atoms with Gasteiger partial charge < -0.3 is 15.3 Å². The van der Waals surface area contributed by atoms with Gasteiger partial charge in [-0.2, -0.15) is 0 Å². The molecule has 1 heterocycles. The Morgan fingerprint density at radius 2 is 2.00 bits per heavy atom. The van der Waals surface area contributed by atoms with Crippen LogP contribution in [0, 0.1) is 11.7 Å². The van der Waals surface area contributed by atoms with Crippen LogP contribution in [0.5, 0.6) is 0 Å². The monoisotopic (exact) mass is 322 g/mol. The van der Waals surface area contributed by atoms with E-state index in [2.05, 4.69) is 10.2 Å². The van der Waals surface area contributed by atoms with Crippen molar-refractivity contribution in [2.24, 2.45) is 5.92 Å². The first kappa shape index (κ1) is 17.7. The highest BCUT2D eigenvalue weighted by Gasteiger charge is 2.22. The topological polar surface area (TPSA) is 52.6 Å². The number of hydrogen-bond donors (Lipinski definition) is 2. The summed E-state index contributed by atoms with van der Waals surface area (Å²) in [7, 11) is 0. The van der Waals surface area contributed by atoms with Crippen molar-refractivity contribution in [1.82, 2.24) is 5.32 Å². The van der Waals surface area contributed by atoms with E-state index in [0.717, 1.165) is 24.3 Å². The quantitative estimate of drug-likeness (QED) is 0.876. The summed E-state index contributed by atoms with van der Waals surface area (Å²) in [4.78, 5) is 14.2. The summed E-state index contributed by atoms with van der Waals surface area (Å²) in [6.45, 7) is 7.36. The molecule has 0 radical (unpaired) electrons. The fraction of sp³-hybridized carbons (Fsp3) is 0.611. The third-order valence-corrected chi connectivity index (χ3v) is 4.23. The lowest BCUT2D eigenvalue weighted by Crippen LogP contribution is -2.37. The van der Waals surface area contributed by atoms with Gasteiger partial charge in [-0.25, -0.2) is 4.39 Å². The Hall–Kier alpha value is -1.62. The molecule has 23 heavy (non-hydrogen) atoms. The number of aliphatic hydroxyl groups excluding tert-OH is 1. The zero-order chi connectivity index (χ0) is 17.0. The second-order valence-corrected chi connectivity index (χ2v) is 6.81. The molecule has 0 aromatic heterocycles. The van der Waals surface area contributed by atoms with Crippen LogP contribution in [0.25, 0.3) is 0 Å². The van der Waals surface area contributed by atoms with Crippen molar-refractivity contribution in [2.45, 2.75) is 52.2 Å². The second-order valence-electron chi connectivity index (χ2n) is 6.81. The molecule has 1 amide bonds. The second kappa shape index (κ2) is 7.77. The van der Waals surface area contributed by atoms with E-state index in [0.29, 0.717) is 19.3 Å². The molecule has 0 spiro atoms. The summed E-state index contributed by atoms with van der Waals surface area (Å²) < 4.78 is 13.7. The maximum absolute atomic E-state index is 13.7. The predicted octanol–water partition coefficient (Wildman–Crippen LogP) is 3.01. The number of nitrogens with one attached hydrogen (secondary N) is 1. The standard InChI is InChI=1S/C18H27FN2O2/c1-12(2)10-18(23)20-13(3)16-11-14(19)4-5-17(16)21-8-6-15(22)7-9-21/h4-5,11-13,15,22H,6-10H2,1-3H3,(H,20,23). The fourth-order valence-corrected chi connectivity index (χ4v) is 3.02. The molecular weight excluding hydrogens is 295 g/mol. The number of anilines is 1. The third kappa shape index (κ3) is 4.93. The largest absolute Gasteiger partial charge is 0.393 e. The molecule has 0 bridgehead atoms. The van der Waals surface area contributed by atoms with Gasteiger partial charge in [-0.1, -0.05) is 13.8 Å². The first-order valence-electron chi connectivity index (χ1n) is 8.38. The van der Waals surface area contributed by atoms with Crippen molar-refractivity contribution < 1.29 is 14.3 Å². The van der Waals surface area contributed by atoms with E-state index in [1.54, 1.807) is 6.07 Å². The predicted molar refractivity (Wildman–Crippen MR) is 89.9 cm³/mol. The summed E-state index contributed by atoms with van der Waals surface area (Å²) in [5, 5.41) is 12.6. The van der Waals surface area contributed by atoms with E-state index in [-0.39, 0.29) is 29.8 Å². The normalized spacial score (nSPS) is 17.4. The van der Waals surface area contributed by atoms with Crippen molar-refractivity contribution in [3.05, 3.63) is 29.6 Å². The third-order valence-electron chi connectivity index (χ3n) is 4.23. The van der Waals surface area contributed by atoms with Crippen LogP contribution in [0.15, 0.2) is 18.2 Å². The smallest absolute Gasteiger partial charge is 0.220 e. The average Bonchev–Trinajstić information content (AvgIpc) is 2.47. The Morgan fingerprint density at radius 3 is 2.61 bits per heavy atom. The van der Waals surface area contributed by atoms with Crippen LogP contribution < -0.4 is 10.2 Å². The van der Waals surface area contributed by atoms with Crippen LogP contribution in [0.3, 0.4) is 0 Å². The van der Waals surface area contributed by atoms with Gasteiger partial charge in [-0.05, 0) is 43.9 Å². The lowest BCUT2D eigenvalue weighted by molar-refractivity contribution is -0.122. The zero-order valence-corrected chi connectivity index (χ0v) is 14.2. The van der Waals surface area contributed by atoms with Gasteiger partial charge in [-0.15, -0.1) is 0 Å². The summed E-state index contributed by atoms with van der Waals surface area (Å²) >= 11 is 0. The van der Waals surface area contributed by atoms with Gasteiger partial charge in [0.25, 0.3) is 0 Å². The van der Waals surface area contributed by atoms with Gasteiger partial charge >= 0.3 is 0 Å². The zero-order valence-electron chi connectivity index (χ0n) is 14.2. The molecule has 1 saturated heterocycles. The lowest BCUT2D eigenvalue weighted by Gasteiger charge is -2.34. The molecule has 1 unspecified atom stereocenters. The van der Waals surface area contributed by atoms with Crippen LogP contribution in [0.2, 0.25) is 0 Å². The van der Waals surface area contributed by atoms with Gasteiger partial charge in [-0.3, -0.25) is 4.79 Å². The van der Waals surface area contributed by atoms with Gasteiger partial charge in [0.15, 0.2) is 0 Å². The number of hydrogen-bond acceptors (Lipinski definition) is 3. The average molecular weight is 322 g/mol. The van der Waals surface area contributed by atoms with E-state index in [4.69, 9.17) is 0 Å². The Morgan fingerprint density at radius 1 is 1.35 bits per heavy atom. The number of aliphatic hydroxyl groups is 1. The molecule has 1 aromatic carbocycles. The summed E-state index contributed by atoms with van der Waals surface area (Å²) in [5.41, 5.74) is 1.73. The molecule has 5 heteroatoms. The van der Waals surface area contributed by atoms with Gasteiger partial charge in [0.2, 0.25) is 5.91 Å². The highest BCUT2D eigenvalue weighted by Crippen LogP contribution is 2.29. The first-order valence-corrected chi connectivity index (χ1v) is 8.38. The molecule has 1 atom stereocenters. The summed E-state index contributed by atoms with van der Waals surface area (Å²) in [6, 6.07) is 4.47. The van der Waals surface area contributed by atoms with Gasteiger partial charge in [0, 0.05) is 30.8 Å². The van der Waals surface area contributed by atoms with Crippen LogP contribution >= 0.6 is 0 Å². The molecule has 1 fully saturated rings. The highest BCUT2D eigenvalue weighted by atomic mass is 19.1. The molecule has 0 saturated carbocycles. The van der Waals surface area contributed by atoms with E-state index in [9.17, 15) is 14.3 Å². The SMILES string of the molecule is CC(C)CC(=O)NC(C)c1cc(F)ccc1N1CCC(O)CC1. The molecule has 1 aliphatic rings. The molecule has 1 aromatic rings. The van der Waals surface area contributed by atoms with Gasteiger partial charge in [0.05, 0.1) is 12.1 Å². The fourth-order valence-electron chi connectivity index (χ4n) is 3.02. The number of halogens is 1. The number of piperidine rings is 1. The molecular formula is C18H27FN2O2. The minimum absolute atomic E-state index is 0.0169. The van der Waals surface area contributed by atoms with Crippen molar-refractivity contribution in [2.75, 3.05) is 18.0 Å². The van der Waals surface area contributed by atoms with Crippen molar-refractivity contribution in [1.29, 1.82) is 0 Å². The minimum Gasteiger partial charge on any atom is -0.393 e. The van der Waals surface area contributed by atoms with Crippen LogP contribution in [-0.2, 0) is 4.79 Å². The van der Waals surface area contributed by atoms with Crippen LogP contribution in [0.1, 0.15) is 51.6 Å². The van der Waals surface area contributed by atoms with Crippen molar-refractivity contribution in [3.63, 3.8) is 0 Å². The number of benzene rings is 1. The minimum atomic E-state index is -0.300. The Kier molecular flexibility index (Phi) is 5.99. The van der Waals surface area contributed by atoms with Crippen LogP contribution in [0.4, 0.5) is 10.1 Å². The lowest BCUT2D eigenvalue weighted by atomic mass is 10.0. The van der Waals surface area contributed by atoms with E-state index in [1.165, 1.54) is 12.1 Å². The number of carbonyl (C=O) groups excluding carboxylic acids is 1. The Bertz CT molecular complexity index is 540. The summed E-state index contributed by atoms with van der Waals surface area (Å²) in [6.07, 6.45) is 1.64. The Balaban J connectivity index is 2.16. The molecule has 2 rings (SSSR count). The van der Waals surface area contributed by atoms with E-state index >= 15 is 0 Å². The summed E-state index contributed by atoms with van der Waals surface area (Å²) in [5.74, 6) is -0.0275. The Labute approximate surface area is 137 Å². The van der Waals surface area contributed by atoms with Crippen molar-refractivity contribution in [3.8, 4) is 0 Å². The molecule has 1 aliphatic heterocycles. The molecule has 2 N–H and O–H groups in total. The first-order chi connectivity index (χ1) is 10.9. The number of rotatable bonds is 5. The maximum Gasteiger partial charge on any atom is 0.220 e. The van der Waals surface area contributed by atoms with Gasteiger partial charge in [0.1, 0.15) is 5.82 Å². The highest BCUT2D eigenvalue weighted by molar-refractivity contribution is 5.77.